The molecule has 1 amide bonds. The van der Waals surface area contributed by atoms with E-state index in [-0.39, 0.29) is 17.5 Å². The standard InChI is InChI=1S/C21H22N2O2/c1-13(2)23-19(12-16-7-5-6-8-17(16)21(23)25)20(24)22-18-10-9-14(3)11-15(18)4/h5-13H,1-4H3,(H,22,24). The summed E-state index contributed by atoms with van der Waals surface area (Å²) < 4.78 is 1.56. The molecule has 2 aromatic carbocycles. The summed E-state index contributed by atoms with van der Waals surface area (Å²) in [7, 11) is 0. The van der Waals surface area contributed by atoms with Crippen molar-refractivity contribution in [2.75, 3.05) is 5.32 Å². The van der Waals surface area contributed by atoms with Crippen LogP contribution in [0.15, 0.2) is 53.3 Å². The van der Waals surface area contributed by atoms with E-state index in [4.69, 9.17) is 0 Å². The van der Waals surface area contributed by atoms with Crippen LogP contribution < -0.4 is 10.9 Å². The summed E-state index contributed by atoms with van der Waals surface area (Å²) in [4.78, 5) is 25.7. The van der Waals surface area contributed by atoms with Crippen LogP contribution in [0.1, 0.15) is 41.5 Å². The molecule has 128 valence electrons. The zero-order valence-electron chi connectivity index (χ0n) is 15.0. The van der Waals surface area contributed by atoms with Crippen molar-refractivity contribution in [1.82, 2.24) is 4.57 Å². The highest BCUT2D eigenvalue weighted by molar-refractivity contribution is 6.05. The Labute approximate surface area is 147 Å². The van der Waals surface area contributed by atoms with Crippen LogP contribution in [0.5, 0.6) is 0 Å². The van der Waals surface area contributed by atoms with Crippen molar-refractivity contribution in [2.24, 2.45) is 0 Å². The lowest BCUT2D eigenvalue weighted by molar-refractivity contribution is 0.101. The van der Waals surface area contributed by atoms with Crippen LogP contribution in [-0.4, -0.2) is 10.5 Å². The lowest BCUT2D eigenvalue weighted by Crippen LogP contribution is -2.30. The van der Waals surface area contributed by atoms with Crippen LogP contribution >= 0.6 is 0 Å². The minimum Gasteiger partial charge on any atom is -0.320 e. The van der Waals surface area contributed by atoms with Crippen molar-refractivity contribution >= 4 is 22.4 Å². The predicted molar refractivity (Wildman–Crippen MR) is 102 cm³/mol. The number of benzene rings is 2. The fourth-order valence-electron chi connectivity index (χ4n) is 3.10. The second-order valence-corrected chi connectivity index (χ2v) is 6.66. The molecule has 3 rings (SSSR count). The number of hydrogen-bond acceptors (Lipinski definition) is 2. The Morgan fingerprint density at radius 3 is 2.44 bits per heavy atom. The van der Waals surface area contributed by atoms with Gasteiger partial charge in [0.1, 0.15) is 5.69 Å². The van der Waals surface area contributed by atoms with Gasteiger partial charge in [-0.1, -0.05) is 35.9 Å². The van der Waals surface area contributed by atoms with E-state index in [0.717, 1.165) is 22.2 Å². The number of nitrogens with zero attached hydrogens (tertiary/aromatic N) is 1. The number of anilines is 1. The maximum Gasteiger partial charge on any atom is 0.272 e. The van der Waals surface area contributed by atoms with Crippen LogP contribution in [-0.2, 0) is 0 Å². The van der Waals surface area contributed by atoms with Crippen LogP contribution in [0.25, 0.3) is 10.8 Å². The monoisotopic (exact) mass is 334 g/mol. The first-order valence-electron chi connectivity index (χ1n) is 8.41. The Morgan fingerprint density at radius 1 is 1.04 bits per heavy atom. The molecule has 0 atom stereocenters. The van der Waals surface area contributed by atoms with Crippen molar-refractivity contribution < 1.29 is 4.79 Å². The molecule has 0 fully saturated rings. The van der Waals surface area contributed by atoms with Crippen LogP contribution in [0.4, 0.5) is 5.69 Å². The van der Waals surface area contributed by atoms with Crippen molar-refractivity contribution in [1.29, 1.82) is 0 Å². The Morgan fingerprint density at radius 2 is 1.76 bits per heavy atom. The highest BCUT2D eigenvalue weighted by Crippen LogP contribution is 2.20. The first-order valence-corrected chi connectivity index (χ1v) is 8.41. The van der Waals surface area contributed by atoms with Gasteiger partial charge >= 0.3 is 0 Å². The molecule has 1 N–H and O–H groups in total. The van der Waals surface area contributed by atoms with Gasteiger partial charge in [-0.2, -0.15) is 0 Å². The van der Waals surface area contributed by atoms with Crippen molar-refractivity contribution in [3.8, 4) is 0 Å². The van der Waals surface area contributed by atoms with E-state index < -0.39 is 0 Å². The van der Waals surface area contributed by atoms with Gasteiger partial charge < -0.3 is 9.88 Å². The number of nitrogens with one attached hydrogen (secondary N) is 1. The van der Waals surface area contributed by atoms with Crippen LogP contribution in [0, 0.1) is 13.8 Å². The lowest BCUT2D eigenvalue weighted by atomic mass is 10.1. The van der Waals surface area contributed by atoms with Gasteiger partial charge in [0, 0.05) is 17.1 Å². The summed E-state index contributed by atoms with van der Waals surface area (Å²) in [6.07, 6.45) is 0. The third-order valence-electron chi connectivity index (χ3n) is 4.34. The molecular weight excluding hydrogens is 312 g/mol. The number of fused-ring (bicyclic) bond motifs is 1. The number of carbonyl (C=O) groups is 1. The van der Waals surface area contributed by atoms with Crippen molar-refractivity contribution in [3.63, 3.8) is 0 Å². The molecule has 0 aliphatic rings. The summed E-state index contributed by atoms with van der Waals surface area (Å²) in [5, 5.41) is 4.34. The lowest BCUT2D eigenvalue weighted by Gasteiger charge is -2.18. The summed E-state index contributed by atoms with van der Waals surface area (Å²) in [6.45, 7) is 7.78. The van der Waals surface area contributed by atoms with E-state index >= 15 is 0 Å². The average molecular weight is 334 g/mol. The van der Waals surface area contributed by atoms with E-state index in [1.165, 1.54) is 0 Å². The second-order valence-electron chi connectivity index (χ2n) is 6.66. The zero-order valence-corrected chi connectivity index (χ0v) is 15.0. The summed E-state index contributed by atoms with van der Waals surface area (Å²) in [5.41, 5.74) is 3.12. The fourth-order valence-corrected chi connectivity index (χ4v) is 3.10. The number of carbonyl (C=O) groups excluding carboxylic acids is 1. The average Bonchev–Trinajstić information content (AvgIpc) is 2.56. The molecule has 0 aliphatic heterocycles. The molecule has 0 unspecified atom stereocenters. The second kappa shape index (κ2) is 6.55. The Balaban J connectivity index is 2.12. The van der Waals surface area contributed by atoms with E-state index in [9.17, 15) is 9.59 Å². The van der Waals surface area contributed by atoms with E-state index in [2.05, 4.69) is 5.32 Å². The smallest absolute Gasteiger partial charge is 0.272 e. The van der Waals surface area contributed by atoms with Gasteiger partial charge in [0.25, 0.3) is 11.5 Å². The minimum absolute atomic E-state index is 0.114. The normalized spacial score (nSPS) is 11.1. The number of hydrogen-bond donors (Lipinski definition) is 1. The van der Waals surface area contributed by atoms with Crippen molar-refractivity contribution in [3.05, 3.63) is 75.7 Å². The number of amides is 1. The maximum absolute atomic E-state index is 12.9. The molecule has 0 radical (unpaired) electrons. The molecule has 25 heavy (non-hydrogen) atoms. The third kappa shape index (κ3) is 3.20. The number of rotatable bonds is 3. The van der Waals surface area contributed by atoms with Gasteiger partial charge in [-0.25, -0.2) is 0 Å². The molecule has 1 heterocycles. The van der Waals surface area contributed by atoms with Gasteiger partial charge in [0.15, 0.2) is 0 Å². The molecule has 0 bridgehead atoms. The molecule has 3 aromatic rings. The molecule has 4 nitrogen and oxygen atoms in total. The van der Waals surface area contributed by atoms with E-state index in [1.807, 2.05) is 64.1 Å². The molecule has 0 spiro atoms. The first kappa shape index (κ1) is 17.0. The Bertz CT molecular complexity index is 1020. The zero-order chi connectivity index (χ0) is 18.1. The summed E-state index contributed by atoms with van der Waals surface area (Å²) in [6, 6.07) is 14.9. The minimum atomic E-state index is -0.275. The third-order valence-corrected chi connectivity index (χ3v) is 4.34. The quantitative estimate of drug-likeness (QED) is 0.769. The maximum atomic E-state index is 12.9. The molecule has 1 aromatic heterocycles. The van der Waals surface area contributed by atoms with Gasteiger partial charge in [-0.3, -0.25) is 9.59 Å². The first-order chi connectivity index (χ1) is 11.9. The highest BCUT2D eigenvalue weighted by Gasteiger charge is 2.18. The number of aromatic nitrogens is 1. The fraction of sp³-hybridized carbons (Fsp3) is 0.238. The topological polar surface area (TPSA) is 51.1 Å². The van der Waals surface area contributed by atoms with Crippen molar-refractivity contribution in [2.45, 2.75) is 33.7 Å². The molecule has 0 aliphatic carbocycles. The summed E-state index contributed by atoms with van der Waals surface area (Å²) >= 11 is 0. The predicted octanol–water partition coefficient (Wildman–Crippen LogP) is 4.45. The largest absolute Gasteiger partial charge is 0.320 e. The van der Waals surface area contributed by atoms with Crippen LogP contribution in [0.3, 0.4) is 0 Å². The molecule has 4 heteroatoms. The molecule has 0 saturated heterocycles. The van der Waals surface area contributed by atoms with E-state index in [0.29, 0.717) is 11.1 Å². The Kier molecular flexibility index (Phi) is 4.45. The van der Waals surface area contributed by atoms with Gasteiger partial charge in [-0.15, -0.1) is 0 Å². The SMILES string of the molecule is Cc1ccc(NC(=O)c2cc3ccccc3c(=O)n2C(C)C)c(C)c1. The number of pyridine rings is 1. The summed E-state index contributed by atoms with van der Waals surface area (Å²) in [5.74, 6) is -0.275. The van der Waals surface area contributed by atoms with Gasteiger partial charge in [-0.05, 0) is 56.8 Å². The molecule has 0 saturated carbocycles. The highest BCUT2D eigenvalue weighted by atomic mass is 16.2. The van der Waals surface area contributed by atoms with Gasteiger partial charge in [0.05, 0.1) is 0 Å². The number of aryl methyl sites for hydroxylation is 2. The van der Waals surface area contributed by atoms with Gasteiger partial charge in [0.2, 0.25) is 0 Å². The van der Waals surface area contributed by atoms with Crippen LogP contribution in [0.2, 0.25) is 0 Å². The Hall–Kier alpha value is -2.88. The van der Waals surface area contributed by atoms with E-state index in [1.54, 1.807) is 16.7 Å². The molecular formula is C21H22N2O2.